The zero-order chi connectivity index (χ0) is 14.8. The van der Waals surface area contributed by atoms with Crippen LogP contribution in [0.3, 0.4) is 0 Å². The molecule has 1 heterocycles. The summed E-state index contributed by atoms with van der Waals surface area (Å²) in [6.07, 6.45) is 10.0. The number of nitrogens with zero attached hydrogens (tertiary/aromatic N) is 3. The third kappa shape index (κ3) is 2.83. The van der Waals surface area contributed by atoms with Gasteiger partial charge in [-0.2, -0.15) is 0 Å². The number of carboxylic acid groups (broad SMARTS) is 1. The van der Waals surface area contributed by atoms with E-state index in [2.05, 4.69) is 14.8 Å². The van der Waals surface area contributed by atoms with Gasteiger partial charge in [-0.1, -0.05) is 32.1 Å². The maximum absolute atomic E-state index is 11.6. The van der Waals surface area contributed by atoms with Crippen LogP contribution in [0.5, 0.6) is 0 Å². The monoisotopic (exact) mass is 291 g/mol. The second-order valence-electron chi connectivity index (χ2n) is 6.60. The normalized spacial score (nSPS) is 27.7. The molecule has 0 saturated heterocycles. The molecule has 0 bridgehead atoms. The lowest BCUT2D eigenvalue weighted by Gasteiger charge is -2.31. The highest BCUT2D eigenvalue weighted by atomic mass is 16.4. The fraction of sp³-hybridized carbons (Fsp3) is 0.812. The van der Waals surface area contributed by atoms with E-state index < -0.39 is 5.97 Å². The minimum Gasteiger partial charge on any atom is -0.481 e. The lowest BCUT2D eigenvalue weighted by molar-refractivity contribution is -0.143. The molecular weight excluding hydrogens is 266 g/mol. The van der Waals surface area contributed by atoms with Crippen molar-refractivity contribution >= 4 is 5.97 Å². The lowest BCUT2D eigenvalue weighted by Crippen LogP contribution is -2.29. The van der Waals surface area contributed by atoms with E-state index in [-0.39, 0.29) is 11.8 Å². The predicted molar refractivity (Wildman–Crippen MR) is 79.2 cm³/mol. The summed E-state index contributed by atoms with van der Waals surface area (Å²) in [4.78, 5) is 11.6. The molecule has 0 radical (unpaired) electrons. The molecule has 5 nitrogen and oxygen atoms in total. The fourth-order valence-electron chi connectivity index (χ4n) is 4.16. The van der Waals surface area contributed by atoms with Gasteiger partial charge >= 0.3 is 5.97 Å². The summed E-state index contributed by atoms with van der Waals surface area (Å²) in [6, 6.07) is 0.472. The smallest absolute Gasteiger partial charge is 0.307 e. The predicted octanol–water partition coefficient (Wildman–Crippen LogP) is 3.45. The Kier molecular flexibility index (Phi) is 4.27. The number of rotatable bonds is 3. The van der Waals surface area contributed by atoms with E-state index in [1.165, 1.54) is 32.1 Å². The number of hydrogen-bond acceptors (Lipinski definition) is 3. The molecule has 1 N–H and O–H groups in total. The van der Waals surface area contributed by atoms with Crippen molar-refractivity contribution < 1.29 is 9.90 Å². The molecule has 2 saturated carbocycles. The molecule has 0 spiro atoms. The van der Waals surface area contributed by atoms with Crippen LogP contribution in [-0.2, 0) is 4.79 Å². The van der Waals surface area contributed by atoms with E-state index in [1.807, 2.05) is 6.92 Å². The van der Waals surface area contributed by atoms with E-state index in [0.29, 0.717) is 6.04 Å². The minimum atomic E-state index is -0.671. The van der Waals surface area contributed by atoms with Crippen molar-refractivity contribution in [2.45, 2.75) is 76.7 Å². The van der Waals surface area contributed by atoms with Crippen LogP contribution in [0.4, 0.5) is 0 Å². The van der Waals surface area contributed by atoms with Gasteiger partial charge in [0.1, 0.15) is 11.6 Å². The molecule has 116 valence electrons. The Labute approximate surface area is 125 Å². The van der Waals surface area contributed by atoms with Gasteiger partial charge in [0.2, 0.25) is 0 Å². The zero-order valence-corrected chi connectivity index (χ0v) is 12.8. The molecule has 1 aromatic heterocycles. The first kappa shape index (κ1) is 14.5. The molecule has 2 fully saturated rings. The topological polar surface area (TPSA) is 68.0 Å². The zero-order valence-electron chi connectivity index (χ0n) is 12.8. The van der Waals surface area contributed by atoms with Crippen molar-refractivity contribution in [3.63, 3.8) is 0 Å². The molecule has 5 heteroatoms. The molecule has 2 aliphatic carbocycles. The minimum absolute atomic E-state index is 0.0411. The maximum atomic E-state index is 11.6. The van der Waals surface area contributed by atoms with Crippen molar-refractivity contribution in [3.8, 4) is 0 Å². The van der Waals surface area contributed by atoms with Gasteiger partial charge in [-0.3, -0.25) is 4.79 Å². The maximum Gasteiger partial charge on any atom is 0.307 e. The largest absolute Gasteiger partial charge is 0.481 e. The summed E-state index contributed by atoms with van der Waals surface area (Å²) >= 11 is 0. The van der Waals surface area contributed by atoms with Gasteiger partial charge in [0.05, 0.1) is 5.92 Å². The van der Waals surface area contributed by atoms with E-state index >= 15 is 0 Å². The number of aryl methyl sites for hydroxylation is 1. The summed E-state index contributed by atoms with van der Waals surface area (Å²) in [7, 11) is 0. The molecule has 2 aliphatic rings. The van der Waals surface area contributed by atoms with E-state index in [4.69, 9.17) is 0 Å². The average Bonchev–Trinajstić information content (AvgIpc) is 2.89. The highest BCUT2D eigenvalue weighted by Crippen LogP contribution is 2.40. The van der Waals surface area contributed by atoms with Gasteiger partial charge < -0.3 is 9.67 Å². The van der Waals surface area contributed by atoms with Crippen LogP contribution in [0, 0.1) is 12.8 Å². The van der Waals surface area contributed by atoms with E-state index in [9.17, 15) is 9.90 Å². The summed E-state index contributed by atoms with van der Waals surface area (Å²) < 4.78 is 2.27. The standard InChI is InChI=1S/C16H25N3O2/c1-11-17-18-15(19(11)12-7-3-2-4-8-12)13-9-5-6-10-14(13)16(20)21/h12-14H,2-10H2,1H3,(H,20,21). The molecule has 1 aromatic rings. The van der Waals surface area contributed by atoms with Crippen LogP contribution in [-0.4, -0.2) is 25.8 Å². The van der Waals surface area contributed by atoms with E-state index in [1.54, 1.807) is 0 Å². The van der Waals surface area contributed by atoms with Crippen LogP contribution in [0.15, 0.2) is 0 Å². The van der Waals surface area contributed by atoms with Crippen LogP contribution in [0.1, 0.15) is 81.4 Å². The van der Waals surface area contributed by atoms with E-state index in [0.717, 1.165) is 37.3 Å². The van der Waals surface area contributed by atoms with Crippen LogP contribution < -0.4 is 0 Å². The molecule has 21 heavy (non-hydrogen) atoms. The van der Waals surface area contributed by atoms with Gasteiger partial charge in [0, 0.05) is 12.0 Å². The lowest BCUT2D eigenvalue weighted by atomic mass is 9.78. The second-order valence-corrected chi connectivity index (χ2v) is 6.60. The van der Waals surface area contributed by atoms with Crippen molar-refractivity contribution in [3.05, 3.63) is 11.6 Å². The van der Waals surface area contributed by atoms with Crippen LogP contribution in [0.25, 0.3) is 0 Å². The van der Waals surface area contributed by atoms with Crippen molar-refractivity contribution in [1.82, 2.24) is 14.8 Å². The number of aromatic nitrogens is 3. The second kappa shape index (κ2) is 6.16. The van der Waals surface area contributed by atoms with Gasteiger partial charge in [-0.05, 0) is 32.6 Å². The quantitative estimate of drug-likeness (QED) is 0.926. The molecule has 3 rings (SSSR count). The highest BCUT2D eigenvalue weighted by molar-refractivity contribution is 5.71. The van der Waals surface area contributed by atoms with Gasteiger partial charge in [0.25, 0.3) is 0 Å². The van der Waals surface area contributed by atoms with Crippen molar-refractivity contribution in [1.29, 1.82) is 0 Å². The van der Waals surface area contributed by atoms with Crippen LogP contribution in [0.2, 0.25) is 0 Å². The molecule has 0 aliphatic heterocycles. The highest BCUT2D eigenvalue weighted by Gasteiger charge is 2.36. The Morgan fingerprint density at radius 2 is 1.71 bits per heavy atom. The third-order valence-electron chi connectivity index (χ3n) is 5.25. The number of hydrogen-bond donors (Lipinski definition) is 1. The fourth-order valence-corrected chi connectivity index (χ4v) is 4.16. The van der Waals surface area contributed by atoms with Gasteiger partial charge in [-0.25, -0.2) is 0 Å². The summed E-state index contributed by atoms with van der Waals surface area (Å²) in [5, 5.41) is 18.2. The van der Waals surface area contributed by atoms with Gasteiger partial charge in [0.15, 0.2) is 0 Å². The Hall–Kier alpha value is -1.39. The van der Waals surface area contributed by atoms with Crippen molar-refractivity contribution in [2.24, 2.45) is 5.92 Å². The molecular formula is C16H25N3O2. The number of carbonyl (C=O) groups is 1. The molecule has 2 unspecified atom stereocenters. The Bertz CT molecular complexity index is 506. The molecule has 2 atom stereocenters. The number of carboxylic acids is 1. The first-order chi connectivity index (χ1) is 10.2. The third-order valence-corrected chi connectivity index (χ3v) is 5.25. The number of aliphatic carboxylic acids is 1. The summed E-state index contributed by atoms with van der Waals surface area (Å²) in [5.74, 6) is 0.970. The van der Waals surface area contributed by atoms with Gasteiger partial charge in [-0.15, -0.1) is 10.2 Å². The SMILES string of the molecule is Cc1nnc(C2CCCCC2C(=O)O)n1C1CCCCC1. The first-order valence-corrected chi connectivity index (χ1v) is 8.32. The average molecular weight is 291 g/mol. The molecule has 0 amide bonds. The Morgan fingerprint density at radius 3 is 2.43 bits per heavy atom. The van der Waals surface area contributed by atoms with Crippen molar-refractivity contribution in [2.75, 3.05) is 0 Å². The summed E-state index contributed by atoms with van der Waals surface area (Å²) in [5.41, 5.74) is 0. The Balaban J connectivity index is 1.92. The summed E-state index contributed by atoms with van der Waals surface area (Å²) in [6.45, 7) is 2.00. The first-order valence-electron chi connectivity index (χ1n) is 8.32. The Morgan fingerprint density at radius 1 is 1.05 bits per heavy atom. The molecule has 0 aromatic carbocycles. The van der Waals surface area contributed by atoms with Crippen LogP contribution >= 0.6 is 0 Å².